The maximum absolute atomic E-state index is 14.3. The van der Waals surface area contributed by atoms with Crippen molar-refractivity contribution in [3.05, 3.63) is 35.1 Å². The van der Waals surface area contributed by atoms with Gasteiger partial charge >= 0.3 is 18.2 Å². The molecule has 0 saturated carbocycles. The average molecular weight is 370 g/mol. The Morgan fingerprint density at radius 1 is 1.42 bits per heavy atom. The van der Waals surface area contributed by atoms with Crippen LogP contribution in [0.25, 0.3) is 0 Å². The topological polar surface area (TPSA) is 85.6 Å². The van der Waals surface area contributed by atoms with Gasteiger partial charge in [-0.15, -0.1) is 0 Å². The second kappa shape index (κ2) is 7.11. The van der Waals surface area contributed by atoms with Gasteiger partial charge in [0.25, 0.3) is 0 Å². The van der Waals surface area contributed by atoms with Crippen molar-refractivity contribution in [2.45, 2.75) is 26.1 Å². The van der Waals surface area contributed by atoms with Gasteiger partial charge in [0, 0.05) is 17.8 Å². The molecule has 1 heterocycles. The Morgan fingerprint density at radius 3 is 2.62 bits per heavy atom. The van der Waals surface area contributed by atoms with Crippen LogP contribution in [-0.2, 0) is 6.18 Å². The van der Waals surface area contributed by atoms with Gasteiger partial charge in [-0.2, -0.15) is 18.4 Å². The Balaban J connectivity index is 2.68. The Hall–Kier alpha value is -2.96. The molecule has 0 spiro atoms. The number of nitrogens with one attached hydrogen (secondary N) is 1. The largest absolute Gasteiger partial charge is 0.416 e. The van der Waals surface area contributed by atoms with Gasteiger partial charge in [-0.3, -0.25) is 0 Å². The summed E-state index contributed by atoms with van der Waals surface area (Å²) >= 11 is 0. The maximum atomic E-state index is 14.3. The first-order valence-electron chi connectivity index (χ1n) is 7.54. The fourth-order valence-corrected chi connectivity index (χ4v) is 2.65. The van der Waals surface area contributed by atoms with Gasteiger partial charge in [0.2, 0.25) is 0 Å². The fourth-order valence-electron chi connectivity index (χ4n) is 2.65. The summed E-state index contributed by atoms with van der Waals surface area (Å²) in [5.74, 6) is -2.35. The van der Waals surface area contributed by atoms with Gasteiger partial charge in [-0.05, 0) is 32.0 Å². The van der Waals surface area contributed by atoms with Crippen molar-refractivity contribution < 1.29 is 27.2 Å². The van der Waals surface area contributed by atoms with E-state index in [0.29, 0.717) is 23.1 Å². The molecule has 0 aromatic heterocycles. The van der Waals surface area contributed by atoms with Crippen LogP contribution in [0.3, 0.4) is 0 Å². The average Bonchev–Trinajstić information content (AvgIpc) is 2.53. The lowest BCUT2D eigenvalue weighted by Crippen LogP contribution is -2.50. The first-order chi connectivity index (χ1) is 12.1. The number of aliphatic imine (C=N–C) groups is 1. The van der Waals surface area contributed by atoms with Crippen molar-refractivity contribution in [1.82, 2.24) is 10.2 Å². The highest BCUT2D eigenvalue weighted by Gasteiger charge is 2.44. The third-order valence-electron chi connectivity index (χ3n) is 3.85. The molecular formula is C16H14F4N4O2. The molecule has 138 valence electrons. The minimum atomic E-state index is -4.76. The van der Waals surface area contributed by atoms with Crippen molar-refractivity contribution in [2.75, 3.05) is 6.54 Å². The van der Waals surface area contributed by atoms with E-state index < -0.39 is 47.1 Å². The Labute approximate surface area is 146 Å². The van der Waals surface area contributed by atoms with Crippen LogP contribution in [0.2, 0.25) is 0 Å². The van der Waals surface area contributed by atoms with Crippen LogP contribution in [0, 0.1) is 23.1 Å². The van der Waals surface area contributed by atoms with Crippen LogP contribution < -0.4 is 5.32 Å². The fraction of sp³-hybridized carbons (Fsp3) is 0.375. The molecule has 0 aliphatic carbocycles. The predicted molar refractivity (Wildman–Crippen MR) is 82.7 cm³/mol. The van der Waals surface area contributed by atoms with E-state index >= 15 is 0 Å². The zero-order valence-electron chi connectivity index (χ0n) is 13.8. The van der Waals surface area contributed by atoms with Crippen molar-refractivity contribution in [3.63, 3.8) is 0 Å². The molecule has 1 aromatic carbocycles. The summed E-state index contributed by atoms with van der Waals surface area (Å²) in [5.41, 5.74) is -1.76. The highest BCUT2D eigenvalue weighted by Crippen LogP contribution is 2.38. The lowest BCUT2D eigenvalue weighted by molar-refractivity contribution is -0.137. The highest BCUT2D eigenvalue weighted by molar-refractivity contribution is 6.05. The molecule has 2 atom stereocenters. The molecule has 0 saturated heterocycles. The third kappa shape index (κ3) is 3.51. The first-order valence-corrected chi connectivity index (χ1v) is 7.54. The molecule has 0 radical (unpaired) electrons. The van der Waals surface area contributed by atoms with Crippen LogP contribution >= 0.6 is 0 Å². The summed E-state index contributed by atoms with van der Waals surface area (Å²) in [7, 11) is 0. The summed E-state index contributed by atoms with van der Waals surface area (Å²) in [6, 6.07) is -0.208. The number of nitrogens with zero attached hydrogens (tertiary/aromatic N) is 3. The second-order valence-corrected chi connectivity index (χ2v) is 5.53. The zero-order valence-corrected chi connectivity index (χ0v) is 13.8. The van der Waals surface area contributed by atoms with E-state index in [1.807, 2.05) is 0 Å². The van der Waals surface area contributed by atoms with E-state index in [1.54, 1.807) is 13.0 Å². The van der Waals surface area contributed by atoms with Crippen molar-refractivity contribution in [2.24, 2.45) is 10.9 Å². The Bertz CT molecular complexity index is 813. The van der Waals surface area contributed by atoms with E-state index in [9.17, 15) is 32.4 Å². The van der Waals surface area contributed by atoms with E-state index in [2.05, 4.69) is 10.3 Å². The van der Waals surface area contributed by atoms with Crippen LogP contribution in [0.4, 0.5) is 27.2 Å². The summed E-state index contributed by atoms with van der Waals surface area (Å²) in [6.45, 7) is 2.99. The van der Waals surface area contributed by atoms with Crippen molar-refractivity contribution in [3.8, 4) is 6.07 Å². The molecule has 26 heavy (non-hydrogen) atoms. The number of imide groups is 1. The van der Waals surface area contributed by atoms with E-state index in [-0.39, 0.29) is 12.3 Å². The number of hydrogen-bond acceptors (Lipinski definition) is 3. The molecule has 2 unspecified atom stereocenters. The van der Waals surface area contributed by atoms with E-state index in [1.165, 1.54) is 6.92 Å². The normalized spacial score (nSPS) is 20.4. The number of alkyl halides is 3. The van der Waals surface area contributed by atoms with Gasteiger partial charge in [0.1, 0.15) is 11.7 Å². The maximum Gasteiger partial charge on any atom is 0.416 e. The standard InChI is InChI=1S/C16H14F4N4O2/c1-3-22-14(25)24-13(11(7-21)8(2)23-15(24)26)10-6-9(16(18,19)20)4-5-12(10)17/h4-6,11,13H,3H2,1-2H3,(H,22,25). The number of nitriles is 1. The summed E-state index contributed by atoms with van der Waals surface area (Å²) in [4.78, 5) is 28.5. The molecular weight excluding hydrogens is 356 g/mol. The molecule has 1 aromatic rings. The number of benzene rings is 1. The lowest BCUT2D eigenvalue weighted by atomic mass is 9.87. The van der Waals surface area contributed by atoms with E-state index in [4.69, 9.17) is 0 Å². The monoisotopic (exact) mass is 370 g/mol. The zero-order chi connectivity index (χ0) is 19.6. The minimum Gasteiger partial charge on any atom is -0.338 e. The molecule has 10 heteroatoms. The molecule has 1 aliphatic rings. The lowest BCUT2D eigenvalue weighted by Gasteiger charge is -2.35. The third-order valence-corrected chi connectivity index (χ3v) is 3.85. The van der Waals surface area contributed by atoms with Crippen molar-refractivity contribution in [1.29, 1.82) is 5.26 Å². The summed E-state index contributed by atoms with van der Waals surface area (Å²) in [6.07, 6.45) is -4.76. The number of carbonyl (C=O) groups is 2. The molecule has 0 fully saturated rings. The van der Waals surface area contributed by atoms with Crippen LogP contribution in [0.1, 0.15) is 31.0 Å². The number of halogens is 4. The Morgan fingerprint density at radius 2 is 2.08 bits per heavy atom. The number of rotatable bonds is 2. The van der Waals surface area contributed by atoms with Crippen LogP contribution in [0.15, 0.2) is 23.2 Å². The molecule has 2 rings (SSSR count). The molecule has 1 aliphatic heterocycles. The van der Waals surface area contributed by atoms with Gasteiger partial charge in [-0.1, -0.05) is 0 Å². The number of amides is 4. The number of urea groups is 2. The predicted octanol–water partition coefficient (Wildman–Crippen LogP) is 3.65. The highest BCUT2D eigenvalue weighted by atomic mass is 19.4. The Kier molecular flexibility index (Phi) is 5.30. The van der Waals surface area contributed by atoms with E-state index in [0.717, 1.165) is 0 Å². The summed E-state index contributed by atoms with van der Waals surface area (Å²) < 4.78 is 53.4. The SMILES string of the molecule is CCNC(=O)N1C(=O)N=C(C)C(C#N)C1c1cc(C(F)(F)F)ccc1F. The molecule has 6 nitrogen and oxygen atoms in total. The minimum absolute atomic E-state index is 0.0140. The van der Waals surface area contributed by atoms with Gasteiger partial charge < -0.3 is 5.32 Å². The van der Waals surface area contributed by atoms with Crippen LogP contribution in [0.5, 0.6) is 0 Å². The number of carbonyl (C=O) groups excluding carboxylic acids is 2. The summed E-state index contributed by atoms with van der Waals surface area (Å²) in [5, 5.41) is 11.7. The van der Waals surface area contributed by atoms with Crippen LogP contribution in [-0.4, -0.2) is 29.2 Å². The molecule has 0 bridgehead atoms. The molecule has 4 amide bonds. The van der Waals surface area contributed by atoms with Gasteiger partial charge in [-0.25, -0.2) is 23.9 Å². The molecule has 1 N–H and O–H groups in total. The first kappa shape index (κ1) is 19.4. The second-order valence-electron chi connectivity index (χ2n) is 5.53. The van der Waals surface area contributed by atoms with Gasteiger partial charge in [0.05, 0.1) is 17.7 Å². The smallest absolute Gasteiger partial charge is 0.338 e. The quantitative estimate of drug-likeness (QED) is 0.807. The van der Waals surface area contributed by atoms with Crippen molar-refractivity contribution >= 4 is 17.8 Å². The van der Waals surface area contributed by atoms with Gasteiger partial charge in [0.15, 0.2) is 0 Å². The number of hydrogen-bond donors (Lipinski definition) is 1.